The summed E-state index contributed by atoms with van der Waals surface area (Å²) in [5, 5.41) is 0. The lowest BCUT2D eigenvalue weighted by molar-refractivity contribution is -0.129. The van der Waals surface area contributed by atoms with Crippen LogP contribution in [0.4, 0.5) is 4.39 Å². The van der Waals surface area contributed by atoms with Crippen molar-refractivity contribution in [3.05, 3.63) is 71.2 Å². The van der Waals surface area contributed by atoms with E-state index in [4.69, 9.17) is 9.47 Å². The Hall–Kier alpha value is -2.95. The molecule has 2 aromatic carbocycles. The second-order valence-electron chi connectivity index (χ2n) is 5.62. The van der Waals surface area contributed by atoms with Gasteiger partial charge in [0.05, 0.1) is 6.61 Å². The number of hydrogen-bond donors (Lipinski definition) is 0. The monoisotopic (exact) mass is 339 g/mol. The number of aliphatic imine (C=N–C) groups is 1. The summed E-state index contributed by atoms with van der Waals surface area (Å²) >= 11 is 0. The molecule has 0 atom stereocenters. The number of hydrogen-bond acceptors (Lipinski definition) is 4. The van der Waals surface area contributed by atoms with Gasteiger partial charge in [-0.2, -0.15) is 0 Å². The lowest BCUT2D eigenvalue weighted by Gasteiger charge is -2.05. The molecule has 0 radical (unpaired) electrons. The second-order valence-corrected chi connectivity index (χ2v) is 5.62. The highest BCUT2D eigenvalue weighted by atomic mass is 19.1. The van der Waals surface area contributed by atoms with Gasteiger partial charge in [-0.05, 0) is 48.4 Å². The molecule has 4 nitrogen and oxygen atoms in total. The molecule has 1 heterocycles. The Morgan fingerprint density at radius 3 is 2.72 bits per heavy atom. The Labute approximate surface area is 145 Å². The van der Waals surface area contributed by atoms with Gasteiger partial charge in [-0.3, -0.25) is 0 Å². The molecule has 3 rings (SSSR count). The Balaban J connectivity index is 1.75. The van der Waals surface area contributed by atoms with Gasteiger partial charge in [0.25, 0.3) is 0 Å². The molecule has 25 heavy (non-hydrogen) atoms. The van der Waals surface area contributed by atoms with Crippen LogP contribution in [0.2, 0.25) is 0 Å². The van der Waals surface area contributed by atoms with Crippen LogP contribution >= 0.6 is 0 Å². The van der Waals surface area contributed by atoms with Crippen LogP contribution in [-0.2, 0) is 9.53 Å². The fourth-order valence-corrected chi connectivity index (χ4v) is 2.31. The van der Waals surface area contributed by atoms with E-state index >= 15 is 0 Å². The summed E-state index contributed by atoms with van der Waals surface area (Å²) in [5.41, 5.74) is 1.41. The van der Waals surface area contributed by atoms with Gasteiger partial charge < -0.3 is 9.47 Å². The number of unbranched alkanes of at least 4 members (excludes halogenated alkanes) is 1. The number of halogens is 1. The summed E-state index contributed by atoms with van der Waals surface area (Å²) in [5.74, 6) is -0.0707. The van der Waals surface area contributed by atoms with Crippen LogP contribution in [0.15, 0.2) is 59.2 Å². The highest BCUT2D eigenvalue weighted by Crippen LogP contribution is 2.21. The third-order valence-corrected chi connectivity index (χ3v) is 3.64. The Kier molecular flexibility index (Phi) is 5.23. The molecule has 5 heteroatoms. The largest absolute Gasteiger partial charge is 0.494 e. The molecule has 1 aliphatic heterocycles. The zero-order valence-electron chi connectivity index (χ0n) is 13.9. The first-order valence-electron chi connectivity index (χ1n) is 8.17. The lowest BCUT2D eigenvalue weighted by Crippen LogP contribution is -2.05. The van der Waals surface area contributed by atoms with E-state index in [0.29, 0.717) is 12.2 Å². The van der Waals surface area contributed by atoms with E-state index in [-0.39, 0.29) is 11.6 Å². The number of carbonyl (C=O) groups is 1. The van der Waals surface area contributed by atoms with Gasteiger partial charge in [-0.1, -0.05) is 31.5 Å². The third-order valence-electron chi connectivity index (χ3n) is 3.64. The van der Waals surface area contributed by atoms with Crippen LogP contribution in [0.3, 0.4) is 0 Å². The molecule has 0 saturated heterocycles. The number of carbonyl (C=O) groups excluding carboxylic acids is 1. The van der Waals surface area contributed by atoms with E-state index in [1.165, 1.54) is 12.1 Å². The number of nitrogens with zero attached hydrogens (tertiary/aromatic N) is 1. The van der Waals surface area contributed by atoms with Crippen LogP contribution in [0, 0.1) is 5.82 Å². The first-order chi connectivity index (χ1) is 12.2. The van der Waals surface area contributed by atoms with Crippen molar-refractivity contribution in [1.29, 1.82) is 0 Å². The minimum Gasteiger partial charge on any atom is -0.494 e. The number of esters is 1. The third kappa shape index (κ3) is 4.32. The van der Waals surface area contributed by atoms with Gasteiger partial charge in [-0.15, -0.1) is 0 Å². The van der Waals surface area contributed by atoms with Gasteiger partial charge in [-0.25, -0.2) is 14.2 Å². The predicted octanol–water partition coefficient (Wildman–Crippen LogP) is 4.35. The Morgan fingerprint density at radius 2 is 2.00 bits per heavy atom. The van der Waals surface area contributed by atoms with Crippen LogP contribution in [0.25, 0.3) is 6.08 Å². The summed E-state index contributed by atoms with van der Waals surface area (Å²) in [6.45, 7) is 2.79. The first kappa shape index (κ1) is 16.9. The molecule has 0 aromatic heterocycles. The Bertz CT molecular complexity index is 825. The predicted molar refractivity (Wildman–Crippen MR) is 93.9 cm³/mol. The zero-order valence-corrected chi connectivity index (χ0v) is 13.9. The van der Waals surface area contributed by atoms with Gasteiger partial charge in [0.1, 0.15) is 11.6 Å². The van der Waals surface area contributed by atoms with Crippen LogP contribution < -0.4 is 4.74 Å². The molecular weight excluding hydrogens is 321 g/mol. The van der Waals surface area contributed by atoms with Crippen molar-refractivity contribution >= 4 is 17.9 Å². The number of cyclic esters (lactones) is 1. The highest BCUT2D eigenvalue weighted by molar-refractivity contribution is 6.12. The number of benzene rings is 2. The Morgan fingerprint density at radius 1 is 1.20 bits per heavy atom. The molecule has 2 aromatic rings. The minimum atomic E-state index is -0.553. The summed E-state index contributed by atoms with van der Waals surface area (Å²) in [6, 6.07) is 13.2. The fraction of sp³-hybridized carbons (Fsp3) is 0.200. The van der Waals surface area contributed by atoms with E-state index in [0.717, 1.165) is 24.2 Å². The van der Waals surface area contributed by atoms with Crippen LogP contribution in [0.5, 0.6) is 5.75 Å². The molecule has 0 spiro atoms. The maximum absolute atomic E-state index is 13.3. The molecule has 0 fully saturated rings. The minimum absolute atomic E-state index is 0.107. The highest BCUT2D eigenvalue weighted by Gasteiger charge is 2.24. The smallest absolute Gasteiger partial charge is 0.363 e. The van der Waals surface area contributed by atoms with Crippen molar-refractivity contribution < 1.29 is 18.7 Å². The van der Waals surface area contributed by atoms with E-state index in [2.05, 4.69) is 11.9 Å². The van der Waals surface area contributed by atoms with Crippen molar-refractivity contribution in [2.45, 2.75) is 19.8 Å². The lowest BCUT2D eigenvalue weighted by atomic mass is 10.2. The zero-order chi connectivity index (χ0) is 17.6. The number of ether oxygens (including phenoxy) is 2. The molecule has 0 bridgehead atoms. The molecule has 0 amide bonds. The summed E-state index contributed by atoms with van der Waals surface area (Å²) in [4.78, 5) is 16.1. The quantitative estimate of drug-likeness (QED) is 0.447. The topological polar surface area (TPSA) is 47.9 Å². The molecule has 0 aliphatic carbocycles. The number of rotatable bonds is 6. The van der Waals surface area contributed by atoms with Gasteiger partial charge in [0, 0.05) is 5.56 Å². The maximum atomic E-state index is 13.3. The second kappa shape index (κ2) is 7.75. The van der Waals surface area contributed by atoms with Crippen molar-refractivity contribution in [1.82, 2.24) is 0 Å². The van der Waals surface area contributed by atoms with Crippen molar-refractivity contribution in [3.8, 4) is 5.75 Å². The van der Waals surface area contributed by atoms with E-state index in [1.54, 1.807) is 18.2 Å². The van der Waals surface area contributed by atoms with E-state index < -0.39 is 11.8 Å². The van der Waals surface area contributed by atoms with E-state index in [9.17, 15) is 9.18 Å². The standard InChI is InChI=1S/C20H18FNO3/c1-2-3-11-24-17-9-7-14(8-10-17)12-18-20(23)25-19(22-18)15-5-4-6-16(21)13-15/h4-10,12-13H,2-3,11H2,1H3/b18-12-. The molecule has 0 N–H and O–H groups in total. The van der Waals surface area contributed by atoms with Gasteiger partial charge >= 0.3 is 5.97 Å². The van der Waals surface area contributed by atoms with Crippen LogP contribution in [-0.4, -0.2) is 18.5 Å². The normalized spacial score (nSPS) is 15.2. The fourth-order valence-electron chi connectivity index (χ4n) is 2.31. The summed E-state index contributed by atoms with van der Waals surface area (Å²) in [7, 11) is 0. The average Bonchev–Trinajstić information content (AvgIpc) is 2.97. The SMILES string of the molecule is CCCCOc1ccc(/C=C2\N=C(c3cccc(F)c3)OC2=O)cc1. The van der Waals surface area contributed by atoms with Gasteiger partial charge in [0.15, 0.2) is 5.70 Å². The van der Waals surface area contributed by atoms with Crippen molar-refractivity contribution in [3.63, 3.8) is 0 Å². The van der Waals surface area contributed by atoms with Crippen LogP contribution in [0.1, 0.15) is 30.9 Å². The molecule has 0 saturated carbocycles. The molecule has 128 valence electrons. The first-order valence-corrected chi connectivity index (χ1v) is 8.17. The molecule has 1 aliphatic rings. The van der Waals surface area contributed by atoms with E-state index in [1.807, 2.05) is 24.3 Å². The molecular formula is C20H18FNO3. The maximum Gasteiger partial charge on any atom is 0.363 e. The summed E-state index contributed by atoms with van der Waals surface area (Å²) < 4.78 is 24.0. The van der Waals surface area contributed by atoms with Crippen molar-refractivity contribution in [2.24, 2.45) is 4.99 Å². The summed E-state index contributed by atoms with van der Waals surface area (Å²) in [6.07, 6.45) is 3.72. The van der Waals surface area contributed by atoms with Gasteiger partial charge in [0.2, 0.25) is 5.90 Å². The molecule has 0 unspecified atom stereocenters. The van der Waals surface area contributed by atoms with Crippen molar-refractivity contribution in [2.75, 3.05) is 6.61 Å². The average molecular weight is 339 g/mol.